The highest BCUT2D eigenvalue weighted by Crippen LogP contribution is 2.28. The highest BCUT2D eigenvalue weighted by Gasteiger charge is 2.32. The zero-order valence-corrected chi connectivity index (χ0v) is 14.2. The van der Waals surface area contributed by atoms with Gasteiger partial charge in [-0.25, -0.2) is 0 Å². The van der Waals surface area contributed by atoms with Gasteiger partial charge in [-0.05, 0) is 41.7 Å². The number of nitrogens with one attached hydrogen (secondary N) is 1. The van der Waals surface area contributed by atoms with Crippen LogP contribution in [0.4, 0.5) is 18.9 Å². The number of hydrogen-bond acceptors (Lipinski definition) is 3. The van der Waals surface area contributed by atoms with Gasteiger partial charge in [-0.1, -0.05) is 25.1 Å². The number of nitrogens with zero attached hydrogens (tertiary/aromatic N) is 2. The molecule has 0 amide bonds. The van der Waals surface area contributed by atoms with Crippen molar-refractivity contribution in [2.45, 2.75) is 39.0 Å². The predicted octanol–water partition coefficient (Wildman–Crippen LogP) is 4.18. The first-order valence-corrected chi connectivity index (χ1v) is 8.52. The molecule has 0 bridgehead atoms. The summed E-state index contributed by atoms with van der Waals surface area (Å²) in [6.45, 7) is 2.65. The SMILES string of the molecule is CCc1ccc(CNc2cccc3c2CCN(CC(F)(F)F)C3)cn1. The Morgan fingerprint density at radius 3 is 2.72 bits per heavy atom. The molecule has 0 saturated carbocycles. The van der Waals surface area contributed by atoms with Crippen LogP contribution in [0, 0.1) is 0 Å². The number of anilines is 1. The lowest BCUT2D eigenvalue weighted by Crippen LogP contribution is -2.38. The molecule has 0 radical (unpaired) electrons. The average molecular weight is 349 g/mol. The molecule has 1 aromatic carbocycles. The second-order valence-electron chi connectivity index (χ2n) is 6.38. The highest BCUT2D eigenvalue weighted by atomic mass is 19.4. The molecule has 2 aromatic rings. The van der Waals surface area contributed by atoms with Gasteiger partial charge in [0.05, 0.1) is 6.54 Å². The third kappa shape index (κ3) is 4.72. The summed E-state index contributed by atoms with van der Waals surface area (Å²) in [7, 11) is 0. The Morgan fingerprint density at radius 2 is 2.04 bits per heavy atom. The largest absolute Gasteiger partial charge is 0.401 e. The van der Waals surface area contributed by atoms with E-state index in [1.54, 1.807) is 0 Å². The molecule has 0 atom stereocenters. The maximum absolute atomic E-state index is 12.6. The van der Waals surface area contributed by atoms with Crippen molar-refractivity contribution in [2.24, 2.45) is 0 Å². The molecule has 6 heteroatoms. The molecule has 25 heavy (non-hydrogen) atoms. The first kappa shape index (κ1) is 17.7. The Hall–Kier alpha value is -2.08. The van der Waals surface area contributed by atoms with E-state index in [0.29, 0.717) is 26.1 Å². The monoisotopic (exact) mass is 349 g/mol. The van der Waals surface area contributed by atoms with Crippen LogP contribution < -0.4 is 5.32 Å². The highest BCUT2D eigenvalue weighted by molar-refractivity contribution is 5.55. The first-order chi connectivity index (χ1) is 11.9. The second kappa shape index (κ2) is 7.44. The van der Waals surface area contributed by atoms with Gasteiger partial charge in [-0.3, -0.25) is 9.88 Å². The van der Waals surface area contributed by atoms with Gasteiger partial charge in [0, 0.05) is 37.2 Å². The maximum atomic E-state index is 12.6. The molecule has 0 spiro atoms. The summed E-state index contributed by atoms with van der Waals surface area (Å²) < 4.78 is 37.8. The van der Waals surface area contributed by atoms with Gasteiger partial charge in [-0.15, -0.1) is 0 Å². The Balaban J connectivity index is 1.67. The molecule has 0 saturated heterocycles. The number of halogens is 3. The molecule has 1 aromatic heterocycles. The molecular weight excluding hydrogens is 327 g/mol. The van der Waals surface area contributed by atoms with Crippen LogP contribution in [0.3, 0.4) is 0 Å². The lowest BCUT2D eigenvalue weighted by atomic mass is 9.97. The van der Waals surface area contributed by atoms with Crippen LogP contribution in [0.2, 0.25) is 0 Å². The van der Waals surface area contributed by atoms with Crippen LogP contribution in [-0.4, -0.2) is 29.1 Å². The fourth-order valence-corrected chi connectivity index (χ4v) is 3.19. The molecule has 3 rings (SSSR count). The predicted molar refractivity (Wildman–Crippen MR) is 92.4 cm³/mol. The van der Waals surface area contributed by atoms with Crippen LogP contribution in [0.1, 0.15) is 29.3 Å². The van der Waals surface area contributed by atoms with Gasteiger partial charge in [0.15, 0.2) is 0 Å². The molecule has 3 nitrogen and oxygen atoms in total. The molecule has 134 valence electrons. The summed E-state index contributed by atoms with van der Waals surface area (Å²) in [6.07, 6.45) is -0.743. The fourth-order valence-electron chi connectivity index (χ4n) is 3.19. The normalized spacial score (nSPS) is 15.0. The number of aromatic nitrogens is 1. The van der Waals surface area contributed by atoms with Crippen molar-refractivity contribution in [2.75, 3.05) is 18.4 Å². The van der Waals surface area contributed by atoms with E-state index in [1.807, 2.05) is 30.5 Å². The van der Waals surface area contributed by atoms with Crippen LogP contribution >= 0.6 is 0 Å². The summed E-state index contributed by atoms with van der Waals surface area (Å²) in [5, 5.41) is 3.41. The minimum atomic E-state index is -4.15. The number of aryl methyl sites for hydroxylation is 1. The molecule has 1 N–H and O–H groups in total. The zero-order chi connectivity index (χ0) is 17.9. The van der Waals surface area contributed by atoms with E-state index < -0.39 is 12.7 Å². The van der Waals surface area contributed by atoms with E-state index in [9.17, 15) is 13.2 Å². The number of fused-ring (bicyclic) bond motifs is 1. The molecule has 0 aliphatic carbocycles. The summed E-state index contributed by atoms with van der Waals surface area (Å²) in [4.78, 5) is 5.85. The smallest absolute Gasteiger partial charge is 0.381 e. The van der Waals surface area contributed by atoms with Crippen LogP contribution in [0.15, 0.2) is 36.5 Å². The number of rotatable bonds is 5. The van der Waals surface area contributed by atoms with Crippen molar-refractivity contribution in [3.63, 3.8) is 0 Å². The molecule has 0 fully saturated rings. The lowest BCUT2D eigenvalue weighted by Gasteiger charge is -2.30. The number of alkyl halides is 3. The van der Waals surface area contributed by atoms with Crippen LogP contribution in [-0.2, 0) is 25.9 Å². The zero-order valence-electron chi connectivity index (χ0n) is 14.2. The summed E-state index contributed by atoms with van der Waals surface area (Å²) in [6, 6.07) is 9.88. The minimum Gasteiger partial charge on any atom is -0.381 e. The average Bonchev–Trinajstić information content (AvgIpc) is 2.58. The van der Waals surface area contributed by atoms with E-state index in [4.69, 9.17) is 0 Å². The van der Waals surface area contributed by atoms with Gasteiger partial charge < -0.3 is 5.32 Å². The number of pyridine rings is 1. The fraction of sp³-hybridized carbons (Fsp3) is 0.421. The van der Waals surface area contributed by atoms with Gasteiger partial charge in [-0.2, -0.15) is 13.2 Å². The van der Waals surface area contributed by atoms with Gasteiger partial charge in [0.2, 0.25) is 0 Å². The number of benzene rings is 1. The van der Waals surface area contributed by atoms with Crippen LogP contribution in [0.5, 0.6) is 0 Å². The molecule has 2 heterocycles. The number of hydrogen-bond donors (Lipinski definition) is 1. The quantitative estimate of drug-likeness (QED) is 0.878. The third-order valence-corrected chi connectivity index (χ3v) is 4.48. The Bertz CT molecular complexity index is 711. The standard InChI is InChI=1S/C19H22F3N3/c1-2-16-7-6-14(10-23-16)11-24-18-5-3-4-15-12-25(9-8-17(15)18)13-19(20,21)22/h3-7,10,24H,2,8-9,11-13H2,1H3. The maximum Gasteiger partial charge on any atom is 0.401 e. The van der Waals surface area contributed by atoms with Gasteiger partial charge >= 0.3 is 6.18 Å². The van der Waals surface area contributed by atoms with Crippen molar-refractivity contribution < 1.29 is 13.2 Å². The van der Waals surface area contributed by atoms with Gasteiger partial charge in [0.1, 0.15) is 0 Å². The van der Waals surface area contributed by atoms with E-state index in [2.05, 4.69) is 23.3 Å². The van der Waals surface area contributed by atoms with Crippen molar-refractivity contribution in [3.05, 3.63) is 58.9 Å². The summed E-state index contributed by atoms with van der Waals surface area (Å²) >= 11 is 0. The third-order valence-electron chi connectivity index (χ3n) is 4.48. The second-order valence-corrected chi connectivity index (χ2v) is 6.38. The van der Waals surface area contributed by atoms with E-state index in [-0.39, 0.29) is 0 Å². The summed E-state index contributed by atoms with van der Waals surface area (Å²) in [5.41, 5.74) is 5.25. The van der Waals surface area contributed by atoms with Crippen molar-refractivity contribution in [3.8, 4) is 0 Å². The molecule has 0 unspecified atom stereocenters. The topological polar surface area (TPSA) is 28.2 Å². The van der Waals surface area contributed by atoms with Crippen molar-refractivity contribution in [1.29, 1.82) is 0 Å². The van der Waals surface area contributed by atoms with E-state index in [1.165, 1.54) is 4.90 Å². The Kier molecular flexibility index (Phi) is 5.27. The first-order valence-electron chi connectivity index (χ1n) is 8.52. The van der Waals surface area contributed by atoms with Crippen molar-refractivity contribution in [1.82, 2.24) is 9.88 Å². The Morgan fingerprint density at radius 1 is 1.20 bits per heavy atom. The van der Waals surface area contributed by atoms with Gasteiger partial charge in [0.25, 0.3) is 0 Å². The van der Waals surface area contributed by atoms with Crippen LogP contribution in [0.25, 0.3) is 0 Å². The Labute approximate surface area is 145 Å². The lowest BCUT2D eigenvalue weighted by molar-refractivity contribution is -0.147. The molecular formula is C19H22F3N3. The van der Waals surface area contributed by atoms with E-state index in [0.717, 1.165) is 34.5 Å². The van der Waals surface area contributed by atoms with E-state index >= 15 is 0 Å². The minimum absolute atomic E-state index is 0.344. The molecule has 1 aliphatic rings. The van der Waals surface area contributed by atoms with Crippen molar-refractivity contribution >= 4 is 5.69 Å². The summed E-state index contributed by atoms with van der Waals surface area (Å²) in [5.74, 6) is 0. The molecule has 1 aliphatic heterocycles.